The van der Waals surface area contributed by atoms with Gasteiger partial charge in [-0.15, -0.1) is 0 Å². The molecule has 3 aromatic heterocycles. The van der Waals surface area contributed by atoms with Gasteiger partial charge in [0.15, 0.2) is 0 Å². The second-order valence-corrected chi connectivity index (χ2v) is 9.14. The Morgan fingerprint density at radius 1 is 1.09 bits per heavy atom. The molecule has 9 nitrogen and oxygen atoms in total. The van der Waals surface area contributed by atoms with Gasteiger partial charge in [0.25, 0.3) is 5.91 Å². The van der Waals surface area contributed by atoms with Crippen LogP contribution in [0, 0.1) is 0 Å². The Bertz CT molecular complexity index is 1250. The predicted octanol–water partition coefficient (Wildman–Crippen LogP) is 4.10. The van der Waals surface area contributed by atoms with Gasteiger partial charge in [-0.05, 0) is 42.1 Å². The molecule has 3 N–H and O–H groups in total. The monoisotopic (exact) mass is 491 g/mol. The number of aryl methyl sites for hydroxylation is 1. The molecule has 2 amide bonds. The zero-order chi connectivity index (χ0) is 24.6. The van der Waals surface area contributed by atoms with Crippen LogP contribution in [0.5, 0.6) is 0 Å². The maximum atomic E-state index is 12.7. The van der Waals surface area contributed by atoms with Gasteiger partial charge in [0.05, 0.1) is 23.6 Å². The van der Waals surface area contributed by atoms with E-state index in [4.69, 9.17) is 0 Å². The smallest absolute Gasteiger partial charge is 0.263 e. The van der Waals surface area contributed by atoms with Crippen molar-refractivity contribution < 1.29 is 9.59 Å². The van der Waals surface area contributed by atoms with Gasteiger partial charge < -0.3 is 15.6 Å². The summed E-state index contributed by atoms with van der Waals surface area (Å²) in [6, 6.07) is 11.6. The highest BCUT2D eigenvalue weighted by atomic mass is 32.1. The number of nitrogens with one attached hydrogen (secondary N) is 3. The lowest BCUT2D eigenvalue weighted by atomic mass is 10.1. The summed E-state index contributed by atoms with van der Waals surface area (Å²) in [6.45, 7) is 0. The van der Waals surface area contributed by atoms with Gasteiger partial charge in [-0.25, -0.2) is 9.36 Å². The Kier molecular flexibility index (Phi) is 8.04. The third-order valence-electron chi connectivity index (χ3n) is 5.77. The maximum absolute atomic E-state index is 12.7. The number of amides is 2. The number of rotatable bonds is 11. The van der Waals surface area contributed by atoms with Gasteiger partial charge in [0, 0.05) is 38.5 Å². The number of nitrogens with zero attached hydrogens (tertiary/aromatic N) is 4. The molecule has 0 radical (unpaired) electrons. The Hall–Kier alpha value is -3.79. The average molecular weight is 492 g/mol. The van der Waals surface area contributed by atoms with E-state index in [1.165, 1.54) is 11.5 Å². The molecule has 0 fully saturated rings. The number of carbonyl (C=O) groups excluding carboxylic acids is 2. The summed E-state index contributed by atoms with van der Waals surface area (Å²) in [5.74, 6) is 0.586. The number of aromatic nitrogens is 5. The van der Waals surface area contributed by atoms with Crippen LogP contribution in [0.2, 0.25) is 0 Å². The van der Waals surface area contributed by atoms with Crippen LogP contribution < -0.4 is 10.6 Å². The molecule has 182 valence electrons. The summed E-state index contributed by atoms with van der Waals surface area (Å²) < 4.78 is 5.80. The van der Waals surface area contributed by atoms with Crippen LogP contribution in [0.4, 0.5) is 0 Å². The Balaban J connectivity index is 1.45. The fraction of sp³-hybridized carbons (Fsp3) is 0.320. The minimum Gasteiger partial charge on any atom is -0.359 e. The van der Waals surface area contributed by atoms with Gasteiger partial charge in [-0.2, -0.15) is 5.10 Å². The van der Waals surface area contributed by atoms with Crippen molar-refractivity contribution in [2.24, 2.45) is 7.05 Å². The fourth-order valence-corrected chi connectivity index (χ4v) is 4.32. The van der Waals surface area contributed by atoms with Crippen molar-refractivity contribution in [3.05, 3.63) is 65.7 Å². The predicted molar refractivity (Wildman–Crippen MR) is 136 cm³/mol. The second kappa shape index (κ2) is 11.6. The first-order valence-corrected chi connectivity index (χ1v) is 12.4. The molecule has 0 bridgehead atoms. The van der Waals surface area contributed by atoms with Gasteiger partial charge in [-0.1, -0.05) is 37.1 Å². The largest absolute Gasteiger partial charge is 0.359 e. The molecule has 1 aromatic carbocycles. The summed E-state index contributed by atoms with van der Waals surface area (Å²) in [7, 11) is 3.55. The summed E-state index contributed by atoms with van der Waals surface area (Å²) in [5, 5.41) is 10.2. The lowest BCUT2D eigenvalue weighted by molar-refractivity contribution is -0.120. The molecule has 1 unspecified atom stereocenters. The van der Waals surface area contributed by atoms with Crippen LogP contribution in [0.3, 0.4) is 0 Å². The number of unbranched alkanes of at least 4 members (excludes halogenated alkanes) is 2. The van der Waals surface area contributed by atoms with Crippen LogP contribution in [-0.2, 0) is 11.8 Å². The SMILES string of the molecule is CNC(=O)CCCCCC(NC(=O)c1ccns1)c1ncc(-c2ccc(-c3ccn(C)n3)cc2)[nH]1. The van der Waals surface area contributed by atoms with Gasteiger partial charge in [0.2, 0.25) is 5.91 Å². The maximum Gasteiger partial charge on any atom is 0.263 e. The quantitative estimate of drug-likeness (QED) is 0.273. The van der Waals surface area contributed by atoms with Crippen molar-refractivity contribution >= 4 is 23.3 Å². The van der Waals surface area contributed by atoms with E-state index >= 15 is 0 Å². The van der Waals surface area contributed by atoms with Gasteiger partial charge in [0.1, 0.15) is 10.7 Å². The number of aromatic amines is 1. The number of carbonyl (C=O) groups is 2. The molecular formula is C25H29N7O2S. The van der Waals surface area contributed by atoms with Crippen LogP contribution in [0.1, 0.15) is 53.6 Å². The van der Waals surface area contributed by atoms with Gasteiger partial charge >= 0.3 is 0 Å². The highest BCUT2D eigenvalue weighted by Gasteiger charge is 2.20. The summed E-state index contributed by atoms with van der Waals surface area (Å²) in [4.78, 5) is 32.7. The van der Waals surface area contributed by atoms with Crippen molar-refractivity contribution in [3.8, 4) is 22.5 Å². The number of H-pyrrole nitrogens is 1. The topological polar surface area (TPSA) is 118 Å². The van der Waals surface area contributed by atoms with E-state index in [9.17, 15) is 9.59 Å². The van der Waals surface area contributed by atoms with E-state index < -0.39 is 0 Å². The molecule has 0 aliphatic carbocycles. The first-order valence-electron chi connectivity index (χ1n) is 11.6. The third kappa shape index (κ3) is 6.42. The number of imidazole rings is 1. The fourth-order valence-electron chi connectivity index (χ4n) is 3.83. The standard InChI is InChI=1S/C25H29N7O2S/c1-26-23(33)7-5-3-4-6-20(30-25(34)22-12-14-28-35-22)24-27-16-21(29-24)18-10-8-17(9-11-18)19-13-15-32(2)31-19/h8-16,20H,3-7H2,1-2H3,(H,26,33)(H,27,29)(H,30,34). The van der Waals surface area contributed by atoms with E-state index in [0.29, 0.717) is 23.5 Å². The normalized spacial score (nSPS) is 11.8. The molecule has 0 saturated heterocycles. The van der Waals surface area contributed by atoms with E-state index in [0.717, 1.165) is 41.8 Å². The Morgan fingerprint density at radius 3 is 2.57 bits per heavy atom. The van der Waals surface area contributed by atoms with Gasteiger partial charge in [-0.3, -0.25) is 14.3 Å². The molecule has 0 saturated carbocycles. The van der Waals surface area contributed by atoms with Crippen molar-refractivity contribution in [2.75, 3.05) is 7.05 Å². The highest BCUT2D eigenvalue weighted by Crippen LogP contribution is 2.25. The summed E-state index contributed by atoms with van der Waals surface area (Å²) in [6.07, 6.45) is 9.11. The zero-order valence-corrected chi connectivity index (χ0v) is 20.6. The molecular weight excluding hydrogens is 462 g/mol. The highest BCUT2D eigenvalue weighted by molar-refractivity contribution is 7.08. The molecule has 4 rings (SSSR count). The van der Waals surface area contributed by atoms with Crippen LogP contribution in [0.25, 0.3) is 22.5 Å². The van der Waals surface area contributed by atoms with E-state index in [-0.39, 0.29) is 17.9 Å². The van der Waals surface area contributed by atoms with E-state index in [1.807, 2.05) is 43.6 Å². The Morgan fingerprint density at radius 2 is 1.89 bits per heavy atom. The van der Waals surface area contributed by atoms with Crippen molar-refractivity contribution in [1.29, 1.82) is 0 Å². The zero-order valence-electron chi connectivity index (χ0n) is 19.8. The summed E-state index contributed by atoms with van der Waals surface area (Å²) >= 11 is 1.17. The molecule has 35 heavy (non-hydrogen) atoms. The van der Waals surface area contributed by atoms with Crippen LogP contribution in [-0.4, -0.2) is 43.0 Å². The number of hydrogen-bond acceptors (Lipinski definition) is 6. The molecule has 0 spiro atoms. The van der Waals surface area contributed by atoms with Crippen molar-refractivity contribution in [2.45, 2.75) is 38.1 Å². The van der Waals surface area contributed by atoms with Crippen LogP contribution in [0.15, 0.2) is 55.0 Å². The molecule has 0 aliphatic rings. The van der Waals surface area contributed by atoms with Crippen LogP contribution >= 0.6 is 11.5 Å². The molecule has 10 heteroatoms. The minimum atomic E-state index is -0.272. The third-order valence-corrected chi connectivity index (χ3v) is 6.52. The van der Waals surface area contributed by atoms with Crippen molar-refractivity contribution in [3.63, 3.8) is 0 Å². The second-order valence-electron chi connectivity index (χ2n) is 8.31. The lowest BCUT2D eigenvalue weighted by Gasteiger charge is -2.16. The molecule has 1 atom stereocenters. The first kappa shape index (κ1) is 24.3. The lowest BCUT2D eigenvalue weighted by Crippen LogP contribution is -2.28. The van der Waals surface area contributed by atoms with E-state index in [2.05, 4.69) is 30.1 Å². The first-order chi connectivity index (χ1) is 17.0. The molecule has 3 heterocycles. The minimum absolute atomic E-state index is 0.0461. The van der Waals surface area contributed by atoms with E-state index in [1.54, 1.807) is 30.2 Å². The number of hydrogen-bond donors (Lipinski definition) is 3. The Labute approximate surface area is 208 Å². The summed E-state index contributed by atoms with van der Waals surface area (Å²) in [5.41, 5.74) is 3.85. The van der Waals surface area contributed by atoms with Crippen molar-refractivity contribution in [1.82, 2.24) is 34.8 Å². The number of benzene rings is 1. The molecule has 0 aliphatic heterocycles. The molecule has 4 aromatic rings. The average Bonchev–Trinajstić information content (AvgIpc) is 3.65.